The van der Waals surface area contributed by atoms with Crippen LogP contribution in [0.5, 0.6) is 0 Å². The third-order valence-electron chi connectivity index (χ3n) is 4.58. The minimum Gasteiger partial charge on any atom is -0.462 e. The quantitative estimate of drug-likeness (QED) is 0.603. The van der Waals surface area contributed by atoms with Crippen molar-refractivity contribution < 1.29 is 14.3 Å². The average molecular weight is 428 g/mol. The van der Waals surface area contributed by atoms with Crippen molar-refractivity contribution in [2.24, 2.45) is 0 Å². The smallest absolute Gasteiger partial charge is 0.348 e. The molecule has 158 valence electrons. The Morgan fingerprint density at radius 3 is 2.40 bits per heavy atom. The van der Waals surface area contributed by atoms with E-state index in [1.165, 1.54) is 11.3 Å². The van der Waals surface area contributed by atoms with Gasteiger partial charge in [0, 0.05) is 22.6 Å². The maximum atomic E-state index is 12.7. The van der Waals surface area contributed by atoms with E-state index in [1.54, 1.807) is 17.7 Å². The molecule has 0 saturated carbocycles. The first-order valence-electron chi connectivity index (χ1n) is 9.64. The van der Waals surface area contributed by atoms with Crippen LogP contribution in [0.1, 0.15) is 50.5 Å². The maximum absolute atomic E-state index is 12.7. The predicted molar refractivity (Wildman–Crippen MR) is 115 cm³/mol. The van der Waals surface area contributed by atoms with Crippen molar-refractivity contribution in [2.75, 3.05) is 11.9 Å². The number of nitrogens with zero attached hydrogens (tertiary/aromatic N) is 4. The highest BCUT2D eigenvalue weighted by Crippen LogP contribution is 2.28. The van der Waals surface area contributed by atoms with Gasteiger partial charge in [-0.3, -0.25) is 4.79 Å². The van der Waals surface area contributed by atoms with E-state index >= 15 is 0 Å². The number of nitrogens with one attached hydrogen (secondary N) is 1. The summed E-state index contributed by atoms with van der Waals surface area (Å²) < 4.78 is 6.72. The first kappa shape index (κ1) is 21.6. The molecular formula is C21H25N5O3S. The van der Waals surface area contributed by atoms with Gasteiger partial charge in [-0.05, 0) is 59.2 Å². The average Bonchev–Trinajstić information content (AvgIpc) is 3.15. The fraction of sp³-hybridized carbons (Fsp3) is 0.381. The topological polar surface area (TPSA) is 99.0 Å². The zero-order valence-electron chi connectivity index (χ0n) is 18.0. The van der Waals surface area contributed by atoms with Crippen LogP contribution in [0.15, 0.2) is 12.1 Å². The third-order valence-corrected chi connectivity index (χ3v) is 5.71. The number of carbonyl (C=O) groups excluding carboxylic acids is 2. The van der Waals surface area contributed by atoms with Crippen LogP contribution in [-0.2, 0) is 16.0 Å². The minimum absolute atomic E-state index is 0.161. The van der Waals surface area contributed by atoms with E-state index in [1.807, 2.05) is 40.7 Å². The van der Waals surface area contributed by atoms with Gasteiger partial charge >= 0.3 is 5.97 Å². The zero-order chi connectivity index (χ0) is 22.0. The van der Waals surface area contributed by atoms with Crippen LogP contribution in [0.2, 0.25) is 0 Å². The number of thiophene rings is 1. The van der Waals surface area contributed by atoms with Gasteiger partial charge in [-0.15, -0.1) is 11.3 Å². The minimum atomic E-state index is -0.373. The summed E-state index contributed by atoms with van der Waals surface area (Å²) in [5.41, 5.74) is 4.89. The lowest BCUT2D eigenvalue weighted by atomic mass is 10.1. The van der Waals surface area contributed by atoms with Gasteiger partial charge < -0.3 is 10.1 Å². The molecule has 0 fully saturated rings. The number of anilines is 1. The fourth-order valence-electron chi connectivity index (χ4n) is 3.21. The van der Waals surface area contributed by atoms with Gasteiger partial charge in [0.05, 0.1) is 23.7 Å². The number of aryl methyl sites for hydroxylation is 4. The first-order chi connectivity index (χ1) is 14.2. The van der Waals surface area contributed by atoms with Crippen LogP contribution < -0.4 is 5.32 Å². The molecule has 3 aromatic rings. The number of ether oxygens (including phenoxy) is 1. The van der Waals surface area contributed by atoms with Crippen molar-refractivity contribution in [3.8, 4) is 5.95 Å². The summed E-state index contributed by atoms with van der Waals surface area (Å²) in [5.74, 6) is -0.0617. The Balaban J connectivity index is 1.79. The molecule has 8 nitrogen and oxygen atoms in total. The van der Waals surface area contributed by atoms with Gasteiger partial charge in [0.1, 0.15) is 4.88 Å². The second-order valence-electron chi connectivity index (χ2n) is 7.08. The van der Waals surface area contributed by atoms with E-state index in [0.29, 0.717) is 22.4 Å². The second-order valence-corrected chi connectivity index (χ2v) is 8.13. The van der Waals surface area contributed by atoms with Crippen LogP contribution >= 0.6 is 11.3 Å². The van der Waals surface area contributed by atoms with Crippen molar-refractivity contribution >= 4 is 28.2 Å². The van der Waals surface area contributed by atoms with E-state index in [9.17, 15) is 9.59 Å². The zero-order valence-corrected chi connectivity index (χ0v) is 18.8. The van der Waals surface area contributed by atoms with E-state index < -0.39 is 0 Å². The molecule has 1 N–H and O–H groups in total. The van der Waals surface area contributed by atoms with Crippen molar-refractivity contribution in [2.45, 2.75) is 48.0 Å². The summed E-state index contributed by atoms with van der Waals surface area (Å²) in [4.78, 5) is 34.1. The molecule has 9 heteroatoms. The molecule has 0 atom stereocenters. The molecule has 0 radical (unpaired) electrons. The van der Waals surface area contributed by atoms with Crippen molar-refractivity contribution in [3.63, 3.8) is 0 Å². The Morgan fingerprint density at radius 1 is 1.10 bits per heavy atom. The maximum Gasteiger partial charge on any atom is 0.348 e. The van der Waals surface area contributed by atoms with Crippen molar-refractivity contribution in [3.05, 3.63) is 50.9 Å². The molecule has 30 heavy (non-hydrogen) atoms. The molecule has 3 rings (SSSR count). The molecule has 0 saturated heterocycles. The van der Waals surface area contributed by atoms with Gasteiger partial charge in [-0.2, -0.15) is 5.10 Å². The second kappa shape index (κ2) is 8.74. The van der Waals surface area contributed by atoms with Crippen molar-refractivity contribution in [1.82, 2.24) is 19.7 Å². The number of amides is 1. The normalized spacial score (nSPS) is 10.9. The lowest BCUT2D eigenvalue weighted by molar-refractivity contribution is -0.115. The molecule has 0 bridgehead atoms. The number of rotatable bonds is 6. The standard InChI is InChI=1S/C21H25N5O3S/c1-7-29-20(28)19-11(2)8-18(30-19)24-17(27)10-16-14(5)25-26(15(16)6)21-22-12(3)9-13(4)23-21/h8-9H,7,10H2,1-6H3,(H,24,27). The highest BCUT2D eigenvalue weighted by molar-refractivity contribution is 7.18. The number of hydrogen-bond acceptors (Lipinski definition) is 7. The van der Waals surface area contributed by atoms with E-state index in [-0.39, 0.29) is 18.3 Å². The molecule has 0 unspecified atom stereocenters. The summed E-state index contributed by atoms with van der Waals surface area (Å²) in [7, 11) is 0. The third kappa shape index (κ3) is 4.56. The highest BCUT2D eigenvalue weighted by atomic mass is 32.1. The predicted octanol–water partition coefficient (Wildman–Crippen LogP) is 3.62. The molecule has 1 amide bonds. The number of aromatic nitrogens is 4. The molecule has 3 aromatic heterocycles. The van der Waals surface area contributed by atoms with Crippen LogP contribution in [-0.4, -0.2) is 38.2 Å². The van der Waals surface area contributed by atoms with Crippen molar-refractivity contribution in [1.29, 1.82) is 0 Å². The fourth-order valence-corrected chi connectivity index (χ4v) is 4.20. The largest absolute Gasteiger partial charge is 0.462 e. The lowest BCUT2D eigenvalue weighted by Crippen LogP contribution is -2.15. The van der Waals surface area contributed by atoms with Crippen LogP contribution in [0.25, 0.3) is 5.95 Å². The summed E-state index contributed by atoms with van der Waals surface area (Å²) in [6.45, 7) is 11.5. The van der Waals surface area contributed by atoms with Crippen LogP contribution in [0.3, 0.4) is 0 Å². The van der Waals surface area contributed by atoms with Gasteiger partial charge in [0.15, 0.2) is 0 Å². The van der Waals surface area contributed by atoms with Gasteiger partial charge in [-0.25, -0.2) is 19.4 Å². The van der Waals surface area contributed by atoms with E-state index in [4.69, 9.17) is 4.74 Å². The van der Waals surface area contributed by atoms with Gasteiger partial charge in [-0.1, -0.05) is 0 Å². The summed E-state index contributed by atoms with van der Waals surface area (Å²) >= 11 is 1.21. The summed E-state index contributed by atoms with van der Waals surface area (Å²) in [5, 5.41) is 8.02. The number of hydrogen-bond donors (Lipinski definition) is 1. The Bertz CT molecular complexity index is 1100. The summed E-state index contributed by atoms with van der Waals surface area (Å²) in [6.07, 6.45) is 0.161. The molecule has 0 aliphatic heterocycles. The Hall–Kier alpha value is -3.07. The van der Waals surface area contributed by atoms with Gasteiger partial charge in [0.2, 0.25) is 5.91 Å². The number of carbonyl (C=O) groups is 2. The monoisotopic (exact) mass is 427 g/mol. The first-order valence-corrected chi connectivity index (χ1v) is 10.5. The highest BCUT2D eigenvalue weighted by Gasteiger charge is 2.20. The van der Waals surface area contributed by atoms with E-state index in [2.05, 4.69) is 20.4 Å². The molecule has 0 aliphatic rings. The van der Waals surface area contributed by atoms with Crippen LogP contribution in [0.4, 0.5) is 5.00 Å². The Kier molecular flexibility index (Phi) is 6.31. The molecule has 3 heterocycles. The van der Waals surface area contributed by atoms with Crippen LogP contribution in [0, 0.1) is 34.6 Å². The molecular weight excluding hydrogens is 402 g/mol. The van der Waals surface area contributed by atoms with Gasteiger partial charge in [0.25, 0.3) is 5.95 Å². The molecule has 0 aromatic carbocycles. The Morgan fingerprint density at radius 2 is 1.77 bits per heavy atom. The SMILES string of the molecule is CCOC(=O)c1sc(NC(=O)Cc2c(C)nn(-c3nc(C)cc(C)n3)c2C)cc1C. The lowest BCUT2D eigenvalue weighted by Gasteiger charge is -2.06. The molecule has 0 spiro atoms. The number of esters is 1. The molecule has 0 aliphatic carbocycles. The summed E-state index contributed by atoms with van der Waals surface area (Å²) in [6, 6.07) is 3.68. The Labute approximate surface area is 179 Å². The van der Waals surface area contributed by atoms with E-state index in [0.717, 1.165) is 33.9 Å².